The van der Waals surface area contributed by atoms with E-state index < -0.39 is 11.6 Å². The Bertz CT molecular complexity index is 378. The molecule has 2 nitrogen and oxygen atoms in total. The van der Waals surface area contributed by atoms with E-state index in [9.17, 15) is 13.6 Å². The lowest BCUT2D eigenvalue weighted by Gasteiger charge is -2.09. The van der Waals surface area contributed by atoms with Gasteiger partial charge in [0, 0.05) is 24.4 Å². The minimum absolute atomic E-state index is 0.156. The zero-order valence-electron chi connectivity index (χ0n) is 9.47. The molecule has 17 heavy (non-hydrogen) atoms. The largest absolute Gasteiger partial charge is 0.356 e. The molecule has 0 bridgehead atoms. The van der Waals surface area contributed by atoms with Crippen LogP contribution in [-0.2, 0) is 11.2 Å². The molecule has 0 fully saturated rings. The maximum absolute atomic E-state index is 12.9. The van der Waals surface area contributed by atoms with Gasteiger partial charge >= 0.3 is 0 Å². The molecule has 1 amide bonds. The van der Waals surface area contributed by atoms with Crippen LogP contribution in [0.2, 0.25) is 0 Å². The fraction of sp³-hybridized carbons (Fsp3) is 0.417. The maximum Gasteiger partial charge on any atom is 0.224 e. The zero-order chi connectivity index (χ0) is 12.8. The highest BCUT2D eigenvalue weighted by Gasteiger charge is 2.10. The van der Waals surface area contributed by atoms with Crippen molar-refractivity contribution >= 4 is 17.5 Å². The van der Waals surface area contributed by atoms with Crippen LogP contribution < -0.4 is 5.32 Å². The van der Waals surface area contributed by atoms with E-state index in [0.717, 1.165) is 6.07 Å². The Labute approximate surface area is 104 Å². The molecule has 94 valence electrons. The summed E-state index contributed by atoms with van der Waals surface area (Å²) in [5, 5.41) is 2.65. The summed E-state index contributed by atoms with van der Waals surface area (Å²) in [4.78, 5) is 11.4. The van der Waals surface area contributed by atoms with Crippen LogP contribution >= 0.6 is 11.6 Å². The minimum Gasteiger partial charge on any atom is -0.356 e. The molecule has 0 saturated heterocycles. The molecule has 0 heterocycles. The Hall–Kier alpha value is -1.16. The summed E-state index contributed by atoms with van der Waals surface area (Å²) in [6.45, 7) is 2.05. The summed E-state index contributed by atoms with van der Waals surface area (Å²) in [7, 11) is 0. The van der Waals surface area contributed by atoms with Crippen molar-refractivity contribution < 1.29 is 13.6 Å². The fourth-order valence-electron chi connectivity index (χ4n) is 1.33. The van der Waals surface area contributed by atoms with E-state index in [2.05, 4.69) is 5.32 Å². The molecular formula is C12H14ClF2NO. The van der Waals surface area contributed by atoms with Crippen LogP contribution in [0, 0.1) is 17.6 Å². The van der Waals surface area contributed by atoms with Gasteiger partial charge in [0.15, 0.2) is 0 Å². The molecule has 1 atom stereocenters. The van der Waals surface area contributed by atoms with E-state index in [1.807, 2.05) is 0 Å². The summed E-state index contributed by atoms with van der Waals surface area (Å²) in [5.41, 5.74) is 0.515. The van der Waals surface area contributed by atoms with Gasteiger partial charge in [-0.3, -0.25) is 4.79 Å². The molecule has 0 spiro atoms. The molecule has 0 aliphatic heterocycles. The number of alkyl halides is 1. The number of benzene rings is 1. The van der Waals surface area contributed by atoms with Gasteiger partial charge in [-0.1, -0.05) is 6.92 Å². The lowest BCUT2D eigenvalue weighted by molar-refractivity contribution is -0.123. The van der Waals surface area contributed by atoms with E-state index in [-0.39, 0.29) is 17.7 Å². The van der Waals surface area contributed by atoms with E-state index in [1.165, 1.54) is 12.1 Å². The molecule has 0 saturated carbocycles. The Balaban J connectivity index is 2.43. The van der Waals surface area contributed by atoms with Crippen LogP contribution in [0.1, 0.15) is 12.5 Å². The van der Waals surface area contributed by atoms with Crippen molar-refractivity contribution in [2.45, 2.75) is 13.3 Å². The third-order valence-electron chi connectivity index (χ3n) is 2.31. The number of halogens is 3. The van der Waals surface area contributed by atoms with Crippen molar-refractivity contribution in [3.8, 4) is 0 Å². The van der Waals surface area contributed by atoms with Gasteiger partial charge in [-0.2, -0.15) is 0 Å². The van der Waals surface area contributed by atoms with E-state index >= 15 is 0 Å². The smallest absolute Gasteiger partial charge is 0.224 e. The lowest BCUT2D eigenvalue weighted by Crippen LogP contribution is -2.31. The van der Waals surface area contributed by atoms with Crippen molar-refractivity contribution in [2.75, 3.05) is 12.4 Å². The second-order valence-corrected chi connectivity index (χ2v) is 4.18. The molecule has 0 aliphatic rings. The predicted molar refractivity (Wildman–Crippen MR) is 63.0 cm³/mol. The standard InChI is InChI=1S/C12H14ClF2NO/c1-8(7-13)12(17)16-3-2-9-4-10(14)6-11(15)5-9/h4-6,8H,2-3,7H2,1H3,(H,16,17). The molecule has 1 aromatic carbocycles. The topological polar surface area (TPSA) is 29.1 Å². The van der Waals surface area contributed by atoms with Gasteiger partial charge in [0.05, 0.1) is 0 Å². The summed E-state index contributed by atoms with van der Waals surface area (Å²) in [6.07, 6.45) is 0.384. The summed E-state index contributed by atoms with van der Waals surface area (Å²) in [6, 6.07) is 3.32. The number of carbonyl (C=O) groups excluding carboxylic acids is 1. The average Bonchev–Trinajstić information content (AvgIpc) is 2.26. The van der Waals surface area contributed by atoms with Crippen LogP contribution in [0.15, 0.2) is 18.2 Å². The second-order valence-electron chi connectivity index (χ2n) is 3.87. The molecule has 0 radical (unpaired) electrons. The normalized spacial score (nSPS) is 12.2. The van der Waals surface area contributed by atoms with Gasteiger partial charge < -0.3 is 5.32 Å². The Kier molecular flexibility index (Phi) is 5.35. The van der Waals surface area contributed by atoms with Gasteiger partial charge in [0.25, 0.3) is 0 Å². The second kappa shape index (κ2) is 6.55. The van der Waals surface area contributed by atoms with Crippen LogP contribution in [0.25, 0.3) is 0 Å². The van der Waals surface area contributed by atoms with Crippen LogP contribution in [0.4, 0.5) is 8.78 Å². The van der Waals surface area contributed by atoms with Crippen molar-refractivity contribution in [3.05, 3.63) is 35.4 Å². The number of carbonyl (C=O) groups is 1. The van der Waals surface area contributed by atoms with Crippen molar-refractivity contribution in [3.63, 3.8) is 0 Å². The predicted octanol–water partition coefficient (Wildman–Crippen LogP) is 2.50. The molecule has 5 heteroatoms. The lowest BCUT2D eigenvalue weighted by atomic mass is 10.1. The van der Waals surface area contributed by atoms with Gasteiger partial charge in [0.2, 0.25) is 5.91 Å². The quantitative estimate of drug-likeness (QED) is 0.811. The Morgan fingerprint density at radius 3 is 2.47 bits per heavy atom. The average molecular weight is 262 g/mol. The molecule has 0 aliphatic carbocycles. The fourth-order valence-corrected chi connectivity index (χ4v) is 1.47. The van der Waals surface area contributed by atoms with Gasteiger partial charge in [-0.25, -0.2) is 8.78 Å². The molecule has 0 aromatic heterocycles. The summed E-state index contributed by atoms with van der Waals surface area (Å²) in [5.74, 6) is -1.39. The minimum atomic E-state index is -0.611. The number of nitrogens with one attached hydrogen (secondary N) is 1. The molecule has 1 aromatic rings. The molecule has 1 rings (SSSR count). The highest BCUT2D eigenvalue weighted by molar-refractivity contribution is 6.19. The zero-order valence-corrected chi connectivity index (χ0v) is 10.2. The van der Waals surface area contributed by atoms with Crippen LogP contribution in [0.5, 0.6) is 0 Å². The van der Waals surface area contributed by atoms with Crippen molar-refractivity contribution in [1.82, 2.24) is 5.32 Å². The van der Waals surface area contributed by atoms with Crippen LogP contribution in [0.3, 0.4) is 0 Å². The SMILES string of the molecule is CC(CCl)C(=O)NCCc1cc(F)cc(F)c1. The van der Waals surface area contributed by atoms with Gasteiger partial charge in [-0.05, 0) is 24.1 Å². The number of hydrogen-bond acceptors (Lipinski definition) is 1. The third-order valence-corrected chi connectivity index (χ3v) is 2.78. The molecule has 1 N–H and O–H groups in total. The summed E-state index contributed by atoms with van der Waals surface area (Å²) < 4.78 is 25.7. The first kappa shape index (κ1) is 13.9. The monoisotopic (exact) mass is 261 g/mol. The van der Waals surface area contributed by atoms with E-state index in [4.69, 9.17) is 11.6 Å². The number of hydrogen-bond donors (Lipinski definition) is 1. The first-order valence-corrected chi connectivity index (χ1v) is 5.85. The maximum atomic E-state index is 12.9. The summed E-state index contributed by atoms with van der Waals surface area (Å²) >= 11 is 5.52. The van der Waals surface area contributed by atoms with Crippen LogP contribution in [-0.4, -0.2) is 18.3 Å². The highest BCUT2D eigenvalue weighted by Crippen LogP contribution is 2.08. The van der Waals surface area contributed by atoms with E-state index in [1.54, 1.807) is 6.92 Å². The first-order chi connectivity index (χ1) is 8.02. The molecule has 1 unspecified atom stereocenters. The van der Waals surface area contributed by atoms with E-state index in [0.29, 0.717) is 18.5 Å². The number of amides is 1. The van der Waals surface area contributed by atoms with Crippen molar-refractivity contribution in [1.29, 1.82) is 0 Å². The highest BCUT2D eigenvalue weighted by atomic mass is 35.5. The van der Waals surface area contributed by atoms with Gasteiger partial charge in [-0.15, -0.1) is 11.6 Å². The van der Waals surface area contributed by atoms with Gasteiger partial charge in [0.1, 0.15) is 11.6 Å². The Morgan fingerprint density at radius 2 is 1.94 bits per heavy atom. The Morgan fingerprint density at radius 1 is 1.35 bits per heavy atom. The van der Waals surface area contributed by atoms with Crippen molar-refractivity contribution in [2.24, 2.45) is 5.92 Å². The third kappa shape index (κ3) is 4.69. The first-order valence-electron chi connectivity index (χ1n) is 5.31. The number of rotatable bonds is 5. The molecular weight excluding hydrogens is 248 g/mol.